The summed E-state index contributed by atoms with van der Waals surface area (Å²) < 4.78 is 12.7. The van der Waals surface area contributed by atoms with Crippen molar-refractivity contribution in [3.63, 3.8) is 0 Å². The van der Waals surface area contributed by atoms with E-state index in [2.05, 4.69) is 11.1 Å². The van der Waals surface area contributed by atoms with Gasteiger partial charge in [-0.05, 0) is 18.2 Å². The minimum atomic E-state index is -0.446. The molecule has 15 heavy (non-hydrogen) atoms. The molecule has 0 aliphatic rings. The molecule has 3 nitrogen and oxygen atoms in total. The van der Waals surface area contributed by atoms with Gasteiger partial charge in [0.25, 0.3) is 0 Å². The van der Waals surface area contributed by atoms with Crippen molar-refractivity contribution in [1.29, 1.82) is 0 Å². The monoisotopic (exact) mass is 207 g/mol. The van der Waals surface area contributed by atoms with Crippen LogP contribution in [-0.2, 0) is 4.84 Å². The van der Waals surface area contributed by atoms with Crippen LogP contribution in [0.1, 0.15) is 12.0 Å². The Hall–Kier alpha value is -2.02. The fourth-order valence-electron chi connectivity index (χ4n) is 0.880. The van der Waals surface area contributed by atoms with Crippen molar-refractivity contribution < 1.29 is 14.3 Å². The van der Waals surface area contributed by atoms with E-state index in [4.69, 9.17) is 11.3 Å². The number of rotatable bonds is 4. The molecule has 1 rings (SSSR count). The van der Waals surface area contributed by atoms with Gasteiger partial charge in [0.1, 0.15) is 18.2 Å². The standard InChI is InChI=1S/C11H10FNO2/c1-2-3-6-15-13-8-9-7-10(12)4-5-11(9)14/h1,4-5,7-8,14H,3,6H2/b13-8+. The van der Waals surface area contributed by atoms with Crippen molar-refractivity contribution in [1.82, 2.24) is 0 Å². The van der Waals surface area contributed by atoms with Gasteiger partial charge in [-0.1, -0.05) is 5.16 Å². The molecule has 0 amide bonds. The van der Waals surface area contributed by atoms with E-state index in [-0.39, 0.29) is 11.3 Å². The van der Waals surface area contributed by atoms with Crippen LogP contribution in [0, 0.1) is 18.2 Å². The second-order valence-corrected chi connectivity index (χ2v) is 2.72. The molecule has 0 saturated heterocycles. The zero-order chi connectivity index (χ0) is 11.1. The van der Waals surface area contributed by atoms with Crippen LogP contribution in [0.25, 0.3) is 0 Å². The molecule has 0 aromatic heterocycles. The highest BCUT2D eigenvalue weighted by Gasteiger charge is 1.99. The fraction of sp³-hybridized carbons (Fsp3) is 0.182. The minimum Gasteiger partial charge on any atom is -0.507 e. The molecule has 0 heterocycles. The van der Waals surface area contributed by atoms with Crippen molar-refractivity contribution in [3.05, 3.63) is 29.6 Å². The van der Waals surface area contributed by atoms with E-state index in [0.717, 1.165) is 12.1 Å². The molecule has 0 spiro atoms. The van der Waals surface area contributed by atoms with Gasteiger partial charge < -0.3 is 9.94 Å². The zero-order valence-corrected chi connectivity index (χ0v) is 7.98. The summed E-state index contributed by atoms with van der Waals surface area (Å²) >= 11 is 0. The summed E-state index contributed by atoms with van der Waals surface area (Å²) in [5.74, 6) is 1.88. The first-order valence-corrected chi connectivity index (χ1v) is 4.31. The van der Waals surface area contributed by atoms with Crippen LogP contribution in [0.3, 0.4) is 0 Å². The maximum absolute atomic E-state index is 12.7. The van der Waals surface area contributed by atoms with Crippen molar-refractivity contribution >= 4 is 6.21 Å². The maximum Gasteiger partial charge on any atom is 0.128 e. The van der Waals surface area contributed by atoms with Crippen molar-refractivity contribution in [2.75, 3.05) is 6.61 Å². The normalized spacial score (nSPS) is 10.1. The average molecular weight is 207 g/mol. The predicted molar refractivity (Wildman–Crippen MR) is 55.1 cm³/mol. The van der Waals surface area contributed by atoms with Crippen LogP contribution in [0.4, 0.5) is 4.39 Å². The highest BCUT2D eigenvalue weighted by molar-refractivity contribution is 5.82. The van der Waals surface area contributed by atoms with Gasteiger partial charge >= 0.3 is 0 Å². The molecule has 0 aliphatic heterocycles. The Balaban J connectivity index is 2.56. The second kappa shape index (κ2) is 5.66. The number of phenols is 1. The molecule has 0 fully saturated rings. The first-order valence-electron chi connectivity index (χ1n) is 4.31. The van der Waals surface area contributed by atoms with Crippen LogP contribution in [0.15, 0.2) is 23.4 Å². The van der Waals surface area contributed by atoms with Gasteiger partial charge in [-0.2, -0.15) is 0 Å². The van der Waals surface area contributed by atoms with Gasteiger partial charge in [-0.3, -0.25) is 0 Å². The molecule has 4 heteroatoms. The van der Waals surface area contributed by atoms with Crippen LogP contribution in [-0.4, -0.2) is 17.9 Å². The molecule has 0 aliphatic carbocycles. The highest BCUT2D eigenvalue weighted by Crippen LogP contribution is 2.15. The summed E-state index contributed by atoms with van der Waals surface area (Å²) in [4.78, 5) is 4.77. The zero-order valence-electron chi connectivity index (χ0n) is 7.98. The lowest BCUT2D eigenvalue weighted by Crippen LogP contribution is -1.89. The van der Waals surface area contributed by atoms with E-state index < -0.39 is 5.82 Å². The second-order valence-electron chi connectivity index (χ2n) is 2.72. The number of terminal acetylenes is 1. The van der Waals surface area contributed by atoms with Crippen molar-refractivity contribution in [2.24, 2.45) is 5.16 Å². The van der Waals surface area contributed by atoms with Gasteiger partial charge in [0, 0.05) is 12.0 Å². The molecule has 0 unspecified atom stereocenters. The predicted octanol–water partition coefficient (Wildman–Crippen LogP) is 1.91. The minimum absolute atomic E-state index is 0.0549. The van der Waals surface area contributed by atoms with Gasteiger partial charge in [-0.25, -0.2) is 4.39 Å². The number of hydrogen-bond acceptors (Lipinski definition) is 3. The van der Waals surface area contributed by atoms with E-state index in [1.165, 1.54) is 12.3 Å². The van der Waals surface area contributed by atoms with E-state index >= 15 is 0 Å². The van der Waals surface area contributed by atoms with Crippen LogP contribution < -0.4 is 0 Å². The number of nitrogens with zero attached hydrogens (tertiary/aromatic N) is 1. The van der Waals surface area contributed by atoms with Crippen LogP contribution >= 0.6 is 0 Å². The van der Waals surface area contributed by atoms with Gasteiger partial charge in [0.2, 0.25) is 0 Å². The van der Waals surface area contributed by atoms with Gasteiger partial charge in [0.15, 0.2) is 0 Å². The first-order chi connectivity index (χ1) is 7.24. The molecular formula is C11H10FNO2. The third-order valence-electron chi connectivity index (χ3n) is 1.59. The topological polar surface area (TPSA) is 41.8 Å². The Morgan fingerprint density at radius 3 is 3.13 bits per heavy atom. The molecule has 1 aromatic rings. The maximum atomic E-state index is 12.7. The average Bonchev–Trinajstić information content (AvgIpc) is 2.23. The number of hydrogen-bond donors (Lipinski definition) is 1. The first kappa shape index (κ1) is 11.1. The number of phenolic OH excluding ortho intramolecular Hbond substituents is 1. The van der Waals surface area contributed by atoms with E-state index in [9.17, 15) is 9.50 Å². The van der Waals surface area contributed by atoms with Crippen molar-refractivity contribution in [2.45, 2.75) is 6.42 Å². The van der Waals surface area contributed by atoms with Crippen LogP contribution in [0.2, 0.25) is 0 Å². The molecule has 78 valence electrons. The molecular weight excluding hydrogens is 197 g/mol. The molecule has 1 aromatic carbocycles. The lowest BCUT2D eigenvalue weighted by molar-refractivity contribution is 0.152. The third kappa shape index (κ3) is 3.69. The molecule has 0 bridgehead atoms. The Kier molecular flexibility index (Phi) is 4.17. The summed E-state index contributed by atoms with van der Waals surface area (Å²) in [6.45, 7) is 0.295. The molecule has 0 atom stereocenters. The van der Waals surface area contributed by atoms with E-state index in [1.807, 2.05) is 0 Å². The van der Waals surface area contributed by atoms with Crippen LogP contribution in [0.5, 0.6) is 5.75 Å². The number of benzene rings is 1. The summed E-state index contributed by atoms with van der Waals surface area (Å²) in [6.07, 6.45) is 6.68. The molecule has 0 radical (unpaired) electrons. The largest absolute Gasteiger partial charge is 0.507 e. The number of halogens is 1. The van der Waals surface area contributed by atoms with E-state index in [1.54, 1.807) is 0 Å². The molecule has 0 saturated carbocycles. The summed E-state index contributed by atoms with van der Waals surface area (Å²) in [5, 5.41) is 12.8. The highest BCUT2D eigenvalue weighted by atomic mass is 19.1. The third-order valence-corrected chi connectivity index (χ3v) is 1.59. The Labute approximate surface area is 87.2 Å². The Bertz CT molecular complexity index is 396. The van der Waals surface area contributed by atoms with Gasteiger partial charge in [0.05, 0.1) is 6.21 Å². The van der Waals surface area contributed by atoms with Crippen molar-refractivity contribution in [3.8, 4) is 18.1 Å². The molecule has 1 N–H and O–H groups in total. The lowest BCUT2D eigenvalue weighted by Gasteiger charge is -1.98. The van der Waals surface area contributed by atoms with Gasteiger partial charge in [-0.15, -0.1) is 12.3 Å². The number of aromatic hydroxyl groups is 1. The SMILES string of the molecule is C#CCCO/N=C/c1cc(F)ccc1O. The fourth-order valence-corrected chi connectivity index (χ4v) is 0.880. The lowest BCUT2D eigenvalue weighted by atomic mass is 10.2. The van der Waals surface area contributed by atoms with E-state index in [0.29, 0.717) is 13.0 Å². The smallest absolute Gasteiger partial charge is 0.128 e. The number of oxime groups is 1. The summed E-state index contributed by atoms with van der Waals surface area (Å²) in [6, 6.07) is 3.56. The Morgan fingerprint density at radius 2 is 2.40 bits per heavy atom. The Morgan fingerprint density at radius 1 is 1.60 bits per heavy atom. The quantitative estimate of drug-likeness (QED) is 0.354. The summed E-state index contributed by atoms with van der Waals surface area (Å²) in [7, 11) is 0. The summed E-state index contributed by atoms with van der Waals surface area (Å²) in [5.41, 5.74) is 0.260.